The van der Waals surface area contributed by atoms with Crippen molar-refractivity contribution < 1.29 is 14.3 Å². The van der Waals surface area contributed by atoms with Gasteiger partial charge >= 0.3 is 6.09 Å². The molecule has 25 heavy (non-hydrogen) atoms. The molecule has 134 valence electrons. The molecule has 2 amide bonds. The normalized spacial score (nSPS) is 18.5. The molecule has 2 aromatic heterocycles. The van der Waals surface area contributed by atoms with Gasteiger partial charge in [-0.25, -0.2) is 4.79 Å². The zero-order chi connectivity index (χ0) is 17.4. The van der Waals surface area contributed by atoms with Crippen molar-refractivity contribution in [1.29, 1.82) is 0 Å². The molecule has 9 nitrogen and oxygen atoms in total. The maximum Gasteiger partial charge on any atom is 0.409 e. The molecule has 1 N–H and O–H groups in total. The van der Waals surface area contributed by atoms with Crippen LogP contribution in [0.1, 0.15) is 54.2 Å². The molecule has 2 fully saturated rings. The number of nitrogens with zero attached hydrogens (tertiary/aromatic N) is 5. The minimum absolute atomic E-state index is 0.0374. The molecule has 0 aromatic carbocycles. The predicted octanol–water partition coefficient (Wildman–Crippen LogP) is 1.41. The van der Waals surface area contributed by atoms with Crippen molar-refractivity contribution in [3.63, 3.8) is 0 Å². The lowest BCUT2D eigenvalue weighted by Crippen LogP contribution is -2.46. The molecule has 1 aliphatic heterocycles. The highest BCUT2D eigenvalue weighted by Gasteiger charge is 2.31. The van der Waals surface area contributed by atoms with Crippen LogP contribution in [0.2, 0.25) is 0 Å². The smallest absolute Gasteiger partial charge is 0.409 e. The van der Waals surface area contributed by atoms with E-state index in [2.05, 4.69) is 20.6 Å². The van der Waals surface area contributed by atoms with E-state index < -0.39 is 0 Å². The van der Waals surface area contributed by atoms with Crippen LogP contribution in [0.25, 0.3) is 4.96 Å². The summed E-state index contributed by atoms with van der Waals surface area (Å²) in [7, 11) is 0. The lowest BCUT2D eigenvalue weighted by molar-refractivity contribution is 0.0859. The molecule has 4 rings (SSSR count). The lowest BCUT2D eigenvalue weighted by Gasteiger charge is -2.31. The molecule has 3 heterocycles. The maximum absolute atomic E-state index is 12.5. The standard InChI is InChI=1S/C15H20N6O3S/c1-2-24-15(23)20-7-5-10(6-8-20)16-12(22)13-19-21-11(9-3-4-9)17-18-14(21)25-13/h9-10H,2-8H2,1H3,(H,16,22). The van der Waals surface area contributed by atoms with E-state index in [4.69, 9.17) is 4.74 Å². The molecule has 0 bridgehead atoms. The summed E-state index contributed by atoms with van der Waals surface area (Å²) >= 11 is 1.25. The van der Waals surface area contributed by atoms with Gasteiger partial charge < -0.3 is 15.0 Å². The van der Waals surface area contributed by atoms with Crippen LogP contribution >= 0.6 is 11.3 Å². The van der Waals surface area contributed by atoms with Crippen LogP contribution in [0.5, 0.6) is 0 Å². The highest BCUT2D eigenvalue weighted by Crippen LogP contribution is 2.39. The number of nitrogens with one attached hydrogen (secondary N) is 1. The zero-order valence-electron chi connectivity index (χ0n) is 14.0. The second-order valence-corrected chi connectivity index (χ2v) is 7.32. The van der Waals surface area contributed by atoms with E-state index in [-0.39, 0.29) is 18.0 Å². The predicted molar refractivity (Wildman–Crippen MR) is 89.7 cm³/mol. The van der Waals surface area contributed by atoms with Gasteiger partial charge in [0.05, 0.1) is 6.61 Å². The number of aromatic nitrogens is 4. The molecular weight excluding hydrogens is 344 g/mol. The molecule has 1 aliphatic carbocycles. The Kier molecular flexibility index (Phi) is 4.28. The third kappa shape index (κ3) is 3.30. The summed E-state index contributed by atoms with van der Waals surface area (Å²) in [6, 6.07) is 0.0374. The fraction of sp³-hybridized carbons (Fsp3) is 0.667. The number of ether oxygens (including phenoxy) is 1. The van der Waals surface area contributed by atoms with Gasteiger partial charge in [-0.1, -0.05) is 11.3 Å². The Morgan fingerprint density at radius 2 is 2.00 bits per heavy atom. The van der Waals surface area contributed by atoms with Crippen LogP contribution in [-0.2, 0) is 4.74 Å². The van der Waals surface area contributed by atoms with Crippen molar-refractivity contribution >= 4 is 28.3 Å². The lowest BCUT2D eigenvalue weighted by atomic mass is 10.1. The van der Waals surface area contributed by atoms with E-state index >= 15 is 0 Å². The third-order valence-corrected chi connectivity index (χ3v) is 5.41. The van der Waals surface area contributed by atoms with Crippen molar-refractivity contribution in [3.8, 4) is 0 Å². The number of carbonyl (C=O) groups excluding carboxylic acids is 2. The Labute approximate surface area is 148 Å². The Morgan fingerprint density at radius 3 is 2.68 bits per heavy atom. The summed E-state index contributed by atoms with van der Waals surface area (Å²) in [6.45, 7) is 3.33. The number of amides is 2. The largest absolute Gasteiger partial charge is 0.450 e. The van der Waals surface area contributed by atoms with Gasteiger partial charge in [-0.3, -0.25) is 4.79 Å². The van der Waals surface area contributed by atoms with Gasteiger partial charge in [0.1, 0.15) is 0 Å². The van der Waals surface area contributed by atoms with E-state index in [1.54, 1.807) is 16.3 Å². The van der Waals surface area contributed by atoms with Crippen molar-refractivity contribution in [1.82, 2.24) is 30.0 Å². The van der Waals surface area contributed by atoms with E-state index in [1.807, 2.05) is 0 Å². The molecule has 10 heteroatoms. The van der Waals surface area contributed by atoms with E-state index in [9.17, 15) is 9.59 Å². The molecule has 1 saturated heterocycles. The Morgan fingerprint density at radius 1 is 1.24 bits per heavy atom. The number of fused-ring (bicyclic) bond motifs is 1. The Balaban J connectivity index is 1.35. The summed E-state index contributed by atoms with van der Waals surface area (Å²) in [6.07, 6.45) is 3.36. The van der Waals surface area contributed by atoms with Gasteiger partial charge in [0.2, 0.25) is 9.97 Å². The molecule has 0 radical (unpaired) electrons. The SMILES string of the molecule is CCOC(=O)N1CCC(NC(=O)c2nn3c(C4CC4)nnc3s2)CC1. The second kappa shape index (κ2) is 6.58. The van der Waals surface area contributed by atoms with Crippen molar-refractivity contribution in [3.05, 3.63) is 10.8 Å². The van der Waals surface area contributed by atoms with E-state index in [0.717, 1.165) is 18.7 Å². The molecular formula is C15H20N6O3S. The number of likely N-dealkylation sites (tertiary alicyclic amines) is 1. The number of rotatable bonds is 4. The highest BCUT2D eigenvalue weighted by atomic mass is 32.1. The third-order valence-electron chi connectivity index (χ3n) is 4.51. The number of hydrogen-bond donors (Lipinski definition) is 1. The summed E-state index contributed by atoms with van der Waals surface area (Å²) in [5.41, 5.74) is 0. The fourth-order valence-corrected chi connectivity index (χ4v) is 3.74. The van der Waals surface area contributed by atoms with Crippen LogP contribution in [0.4, 0.5) is 4.79 Å². The van der Waals surface area contributed by atoms with E-state index in [1.165, 1.54) is 11.3 Å². The highest BCUT2D eigenvalue weighted by molar-refractivity contribution is 7.18. The monoisotopic (exact) mass is 364 g/mol. The van der Waals surface area contributed by atoms with Gasteiger partial charge in [-0.2, -0.15) is 4.52 Å². The minimum Gasteiger partial charge on any atom is -0.450 e. The molecule has 0 atom stereocenters. The second-order valence-electron chi connectivity index (χ2n) is 6.37. The fourth-order valence-electron chi connectivity index (χ4n) is 2.99. The molecule has 1 saturated carbocycles. The van der Waals surface area contributed by atoms with Crippen molar-refractivity contribution in [2.75, 3.05) is 19.7 Å². The average molecular weight is 364 g/mol. The zero-order valence-corrected chi connectivity index (χ0v) is 14.8. The number of hydrogen-bond acceptors (Lipinski definition) is 7. The van der Waals surface area contributed by atoms with Crippen LogP contribution in [0.15, 0.2) is 0 Å². The molecule has 2 aliphatic rings. The van der Waals surface area contributed by atoms with E-state index in [0.29, 0.717) is 48.4 Å². The summed E-state index contributed by atoms with van der Waals surface area (Å²) in [5.74, 6) is 1.10. The van der Waals surface area contributed by atoms with Gasteiger partial charge in [0, 0.05) is 25.0 Å². The first kappa shape index (κ1) is 16.2. The first-order valence-electron chi connectivity index (χ1n) is 8.60. The number of carbonyl (C=O) groups is 2. The molecule has 0 unspecified atom stereocenters. The summed E-state index contributed by atoms with van der Waals surface area (Å²) in [4.78, 5) is 26.5. The Bertz CT molecular complexity index is 790. The van der Waals surface area contributed by atoms with Crippen molar-refractivity contribution in [2.24, 2.45) is 0 Å². The van der Waals surface area contributed by atoms with Gasteiger partial charge in [0.15, 0.2) is 5.82 Å². The first-order valence-corrected chi connectivity index (χ1v) is 9.42. The van der Waals surface area contributed by atoms with Crippen LogP contribution in [0, 0.1) is 0 Å². The van der Waals surface area contributed by atoms with Gasteiger partial charge in [0.25, 0.3) is 5.91 Å². The van der Waals surface area contributed by atoms with Crippen molar-refractivity contribution in [2.45, 2.75) is 44.6 Å². The summed E-state index contributed by atoms with van der Waals surface area (Å²) in [5, 5.41) is 16.1. The Hall–Kier alpha value is -2.23. The molecule has 2 aromatic rings. The molecule has 0 spiro atoms. The van der Waals surface area contributed by atoms with Gasteiger partial charge in [-0.15, -0.1) is 15.3 Å². The topological polar surface area (TPSA) is 102 Å². The quantitative estimate of drug-likeness (QED) is 0.880. The first-order chi connectivity index (χ1) is 12.2. The minimum atomic E-state index is -0.284. The van der Waals surface area contributed by atoms with Crippen LogP contribution < -0.4 is 5.32 Å². The van der Waals surface area contributed by atoms with Gasteiger partial charge in [-0.05, 0) is 32.6 Å². The van der Waals surface area contributed by atoms with Crippen LogP contribution in [-0.4, -0.2) is 62.5 Å². The summed E-state index contributed by atoms with van der Waals surface area (Å²) < 4.78 is 6.70. The van der Waals surface area contributed by atoms with Crippen LogP contribution in [0.3, 0.4) is 0 Å². The maximum atomic E-state index is 12.5. The number of piperidine rings is 1. The average Bonchev–Trinajstić information content (AvgIpc) is 3.23.